The van der Waals surface area contributed by atoms with Crippen molar-refractivity contribution in [3.8, 4) is 0 Å². The topological polar surface area (TPSA) is 71.1 Å². The molecule has 3 unspecified atom stereocenters. The average molecular weight is 360 g/mol. The van der Waals surface area contributed by atoms with Crippen molar-refractivity contribution in [3.63, 3.8) is 0 Å². The van der Waals surface area contributed by atoms with Gasteiger partial charge in [-0.1, -0.05) is 0 Å². The van der Waals surface area contributed by atoms with Crippen molar-refractivity contribution in [1.82, 2.24) is 0 Å². The molecule has 25 heavy (non-hydrogen) atoms. The summed E-state index contributed by atoms with van der Waals surface area (Å²) in [6.45, 7) is 17.3. The van der Waals surface area contributed by atoms with Crippen LogP contribution in [-0.4, -0.2) is 50.1 Å². The average Bonchev–Trinajstić information content (AvgIpc) is 2.46. The smallest absolute Gasteiger partial charge is 0.311 e. The van der Waals surface area contributed by atoms with Gasteiger partial charge in [0.25, 0.3) is 0 Å². The molecule has 0 heterocycles. The molecule has 0 bridgehead atoms. The van der Waals surface area contributed by atoms with E-state index in [1.54, 1.807) is 6.92 Å². The maximum absolute atomic E-state index is 11.8. The van der Waals surface area contributed by atoms with E-state index in [1.165, 1.54) is 0 Å². The van der Waals surface area contributed by atoms with Gasteiger partial charge in [0.15, 0.2) is 0 Å². The number of esters is 2. The highest BCUT2D eigenvalue weighted by Gasteiger charge is 2.25. The van der Waals surface area contributed by atoms with Crippen LogP contribution in [0.5, 0.6) is 0 Å². The van der Waals surface area contributed by atoms with Gasteiger partial charge in [0, 0.05) is 0 Å². The highest BCUT2D eigenvalue weighted by molar-refractivity contribution is 5.75. The molecule has 0 rings (SSSR count). The Kier molecular flexibility index (Phi) is 9.66. The van der Waals surface area contributed by atoms with Gasteiger partial charge >= 0.3 is 11.9 Å². The van der Waals surface area contributed by atoms with Gasteiger partial charge in [-0.3, -0.25) is 9.59 Å². The molecule has 0 radical (unpaired) electrons. The van der Waals surface area contributed by atoms with Crippen LogP contribution in [0.1, 0.15) is 62.3 Å². The molecule has 0 spiro atoms. The minimum Gasteiger partial charge on any atom is -0.463 e. The first-order valence-electron chi connectivity index (χ1n) is 8.85. The molecule has 0 fully saturated rings. The van der Waals surface area contributed by atoms with Gasteiger partial charge in [-0.2, -0.15) is 0 Å². The highest BCUT2D eigenvalue weighted by Crippen LogP contribution is 2.17. The number of hydrogen-bond donors (Lipinski definition) is 0. The number of carbonyl (C=O) groups excluding carboxylic acids is 2. The van der Waals surface area contributed by atoms with Gasteiger partial charge < -0.3 is 18.9 Å². The monoisotopic (exact) mass is 360 g/mol. The zero-order valence-electron chi connectivity index (χ0n) is 17.3. The maximum atomic E-state index is 11.8. The second-order valence-electron chi connectivity index (χ2n) is 8.60. The van der Waals surface area contributed by atoms with Gasteiger partial charge in [-0.05, 0) is 62.3 Å². The van der Waals surface area contributed by atoms with Gasteiger partial charge in [0.05, 0.1) is 36.3 Å². The zero-order valence-corrected chi connectivity index (χ0v) is 17.3. The second-order valence-corrected chi connectivity index (χ2v) is 8.60. The fourth-order valence-electron chi connectivity index (χ4n) is 1.50. The van der Waals surface area contributed by atoms with E-state index in [4.69, 9.17) is 18.9 Å². The van der Waals surface area contributed by atoms with Crippen LogP contribution in [-0.2, 0) is 28.5 Å². The Morgan fingerprint density at radius 1 is 0.680 bits per heavy atom. The van der Waals surface area contributed by atoms with E-state index in [9.17, 15) is 9.59 Å². The van der Waals surface area contributed by atoms with Crippen molar-refractivity contribution >= 4 is 11.9 Å². The molecule has 0 amide bonds. The normalized spacial score (nSPS) is 16.0. The summed E-state index contributed by atoms with van der Waals surface area (Å²) in [6, 6.07) is 0. The first-order valence-corrected chi connectivity index (χ1v) is 8.85. The summed E-state index contributed by atoms with van der Waals surface area (Å²) in [5, 5.41) is 0. The van der Waals surface area contributed by atoms with Crippen LogP contribution < -0.4 is 0 Å². The van der Waals surface area contributed by atoms with Gasteiger partial charge in [0.2, 0.25) is 0 Å². The lowest BCUT2D eigenvalue weighted by Crippen LogP contribution is -2.31. The van der Waals surface area contributed by atoms with Crippen LogP contribution in [0.25, 0.3) is 0 Å². The minimum atomic E-state index is -0.525. The van der Waals surface area contributed by atoms with Crippen molar-refractivity contribution < 1.29 is 28.5 Å². The Morgan fingerprint density at radius 2 is 1.08 bits per heavy atom. The minimum absolute atomic E-state index is 0.156. The first kappa shape index (κ1) is 23.9. The summed E-state index contributed by atoms with van der Waals surface area (Å²) in [5.41, 5.74) is -1.04. The van der Waals surface area contributed by atoms with Crippen molar-refractivity contribution in [2.45, 2.75) is 80.6 Å². The molecule has 0 saturated carbocycles. The lowest BCUT2D eigenvalue weighted by Gasteiger charge is -2.23. The maximum Gasteiger partial charge on any atom is 0.311 e. The van der Waals surface area contributed by atoms with Crippen LogP contribution in [0.15, 0.2) is 0 Å². The summed E-state index contributed by atoms with van der Waals surface area (Å²) < 4.78 is 21.8. The van der Waals surface area contributed by atoms with Crippen LogP contribution in [0, 0.1) is 10.8 Å². The molecule has 0 aromatic carbocycles. The lowest BCUT2D eigenvalue weighted by atomic mass is 9.97. The predicted molar refractivity (Wildman–Crippen MR) is 96.3 cm³/mol. The van der Waals surface area contributed by atoms with Crippen LogP contribution in [0.3, 0.4) is 0 Å². The Bertz CT molecular complexity index is 419. The van der Waals surface area contributed by atoms with Crippen molar-refractivity contribution in [3.05, 3.63) is 0 Å². The molecule has 6 nitrogen and oxygen atoms in total. The predicted octanol–water partition coefficient (Wildman–Crippen LogP) is 3.36. The van der Waals surface area contributed by atoms with Gasteiger partial charge in [-0.25, -0.2) is 0 Å². The summed E-state index contributed by atoms with van der Waals surface area (Å²) in [5.74, 6) is -0.497. The Balaban J connectivity index is 3.98. The fourth-order valence-corrected chi connectivity index (χ4v) is 1.50. The van der Waals surface area contributed by atoms with E-state index in [1.807, 2.05) is 55.4 Å². The fraction of sp³-hybridized carbons (Fsp3) is 0.895. The third-order valence-electron chi connectivity index (χ3n) is 3.21. The van der Waals surface area contributed by atoms with Crippen LogP contribution in [0.4, 0.5) is 0 Å². The summed E-state index contributed by atoms with van der Waals surface area (Å²) in [6.07, 6.45) is -0.690. The SMILES string of the molecule is CC(COC(=O)C(C)(C)C)OCC(C)OCC(C)OC(=O)C(C)(C)C. The number of hydrogen-bond acceptors (Lipinski definition) is 6. The molecule has 0 aliphatic heterocycles. The molecule has 0 aliphatic carbocycles. The molecule has 3 atom stereocenters. The van der Waals surface area contributed by atoms with Crippen molar-refractivity contribution in [1.29, 1.82) is 0 Å². The lowest BCUT2D eigenvalue weighted by molar-refractivity contribution is -0.163. The first-order chi connectivity index (χ1) is 11.2. The molecule has 0 aliphatic rings. The molecule has 6 heteroatoms. The quantitative estimate of drug-likeness (QED) is 0.587. The molecule has 148 valence electrons. The number of rotatable bonds is 9. The van der Waals surface area contributed by atoms with E-state index in [0.29, 0.717) is 13.2 Å². The molecular formula is C19H36O6. The summed E-state index contributed by atoms with van der Waals surface area (Å²) in [7, 11) is 0. The summed E-state index contributed by atoms with van der Waals surface area (Å²) >= 11 is 0. The third-order valence-corrected chi connectivity index (χ3v) is 3.21. The van der Waals surface area contributed by atoms with E-state index in [-0.39, 0.29) is 36.9 Å². The third kappa shape index (κ3) is 11.2. The standard InChI is InChI=1S/C19H36O6/c1-13(23-12-15(3)25-17(21)19(7,8)9)10-22-14(2)11-24-16(20)18(4,5)6/h13-15H,10-12H2,1-9H3. The van der Waals surface area contributed by atoms with Gasteiger partial charge in [0.1, 0.15) is 12.7 Å². The highest BCUT2D eigenvalue weighted by atomic mass is 16.6. The number of ether oxygens (including phenoxy) is 4. The van der Waals surface area contributed by atoms with E-state index < -0.39 is 10.8 Å². The molecule has 0 saturated heterocycles. The largest absolute Gasteiger partial charge is 0.463 e. The van der Waals surface area contributed by atoms with Crippen LogP contribution >= 0.6 is 0 Å². The molecule has 0 aromatic heterocycles. The van der Waals surface area contributed by atoms with Crippen molar-refractivity contribution in [2.24, 2.45) is 10.8 Å². The summed E-state index contributed by atoms with van der Waals surface area (Å²) in [4.78, 5) is 23.5. The van der Waals surface area contributed by atoms with E-state index in [2.05, 4.69) is 0 Å². The van der Waals surface area contributed by atoms with Crippen molar-refractivity contribution in [2.75, 3.05) is 19.8 Å². The zero-order chi connectivity index (χ0) is 19.8. The number of carbonyl (C=O) groups is 2. The van der Waals surface area contributed by atoms with E-state index >= 15 is 0 Å². The Morgan fingerprint density at radius 3 is 1.52 bits per heavy atom. The van der Waals surface area contributed by atoms with Crippen LogP contribution in [0.2, 0.25) is 0 Å². The molecule has 0 N–H and O–H groups in total. The molecule has 0 aromatic rings. The second kappa shape index (κ2) is 10.1. The Labute approximate surface area is 152 Å². The van der Waals surface area contributed by atoms with E-state index in [0.717, 1.165) is 0 Å². The van der Waals surface area contributed by atoms with Gasteiger partial charge in [-0.15, -0.1) is 0 Å². The Hall–Kier alpha value is -1.14. The molecular weight excluding hydrogens is 324 g/mol.